The fraction of sp³-hybridized carbons (Fsp3) is 0.842. The van der Waals surface area contributed by atoms with Gasteiger partial charge in [-0.2, -0.15) is 0 Å². The molecule has 26 heavy (non-hydrogen) atoms. The van der Waals surface area contributed by atoms with Crippen molar-refractivity contribution in [2.75, 3.05) is 26.2 Å². The Kier molecular flexibility index (Phi) is 6.04. The molecule has 2 heterocycles. The van der Waals surface area contributed by atoms with E-state index in [4.69, 9.17) is 0 Å². The van der Waals surface area contributed by atoms with Crippen LogP contribution in [0.5, 0.6) is 0 Å². The molecule has 3 fully saturated rings. The summed E-state index contributed by atoms with van der Waals surface area (Å²) in [4.78, 5) is 40.8. The number of urea groups is 1. The lowest BCUT2D eigenvalue weighted by Crippen LogP contribution is -2.57. The van der Waals surface area contributed by atoms with Crippen LogP contribution < -0.4 is 5.32 Å². The van der Waals surface area contributed by atoms with Crippen LogP contribution in [0.25, 0.3) is 0 Å². The fourth-order valence-corrected chi connectivity index (χ4v) is 4.50. The molecule has 3 rings (SSSR count). The fourth-order valence-electron chi connectivity index (χ4n) is 4.50. The van der Waals surface area contributed by atoms with Gasteiger partial charge < -0.3 is 20.2 Å². The Bertz CT molecular complexity index is 529. The number of piperidine rings is 1. The predicted octanol–water partition coefficient (Wildman–Crippen LogP) is 2.21. The van der Waals surface area contributed by atoms with Gasteiger partial charge in [0.25, 0.3) is 0 Å². The molecule has 7 nitrogen and oxygen atoms in total. The average Bonchev–Trinajstić information content (AvgIpc) is 3.08. The molecule has 0 bridgehead atoms. The Labute approximate surface area is 155 Å². The molecule has 1 aliphatic carbocycles. The summed E-state index contributed by atoms with van der Waals surface area (Å²) in [6.07, 6.45) is 8.14. The molecule has 1 saturated carbocycles. The number of hydrogen-bond acceptors (Lipinski definition) is 3. The van der Waals surface area contributed by atoms with Crippen molar-refractivity contribution in [3.63, 3.8) is 0 Å². The van der Waals surface area contributed by atoms with Crippen molar-refractivity contribution in [2.45, 2.75) is 69.7 Å². The molecule has 0 aromatic carbocycles. The highest BCUT2D eigenvalue weighted by Gasteiger charge is 2.42. The molecule has 0 aromatic heterocycles. The Balaban J connectivity index is 1.54. The molecule has 2 N–H and O–H groups in total. The first-order chi connectivity index (χ1) is 12.5. The lowest BCUT2D eigenvalue weighted by molar-refractivity contribution is -0.149. The minimum Gasteiger partial charge on any atom is -0.480 e. The molecular formula is C19H31N3O4. The van der Waals surface area contributed by atoms with Gasteiger partial charge in [0.15, 0.2) is 0 Å². The zero-order valence-electron chi connectivity index (χ0n) is 15.5. The van der Waals surface area contributed by atoms with Crippen molar-refractivity contribution < 1.29 is 19.5 Å². The number of nitrogens with zero attached hydrogens (tertiary/aromatic N) is 2. The number of hydrogen-bond donors (Lipinski definition) is 2. The zero-order valence-corrected chi connectivity index (χ0v) is 15.5. The Morgan fingerprint density at radius 2 is 1.35 bits per heavy atom. The van der Waals surface area contributed by atoms with Gasteiger partial charge in [0, 0.05) is 32.1 Å². The van der Waals surface area contributed by atoms with Gasteiger partial charge in [-0.3, -0.25) is 4.79 Å². The molecule has 0 atom stereocenters. The number of nitrogens with one attached hydrogen (secondary N) is 1. The molecule has 3 aliphatic rings. The van der Waals surface area contributed by atoms with Crippen molar-refractivity contribution in [2.24, 2.45) is 5.92 Å². The summed E-state index contributed by atoms with van der Waals surface area (Å²) in [5, 5.41) is 12.6. The number of carboxylic acid groups (broad SMARTS) is 1. The lowest BCUT2D eigenvalue weighted by atomic mass is 9.88. The zero-order chi connectivity index (χ0) is 18.6. The molecule has 7 heteroatoms. The highest BCUT2D eigenvalue weighted by molar-refractivity contribution is 5.88. The Hall–Kier alpha value is -1.79. The highest BCUT2D eigenvalue weighted by Crippen LogP contribution is 2.29. The van der Waals surface area contributed by atoms with Crippen molar-refractivity contribution in [1.29, 1.82) is 0 Å². The van der Waals surface area contributed by atoms with E-state index in [1.165, 1.54) is 0 Å². The second-order valence-electron chi connectivity index (χ2n) is 8.03. The minimum absolute atomic E-state index is 0.0899. The van der Waals surface area contributed by atoms with Crippen molar-refractivity contribution in [3.8, 4) is 0 Å². The van der Waals surface area contributed by atoms with Crippen molar-refractivity contribution in [1.82, 2.24) is 15.1 Å². The SMILES string of the molecule is O=C(NC1(C(=O)O)CCCCCC1)C1CCN(C(=O)N2CCCC2)CC1. The summed E-state index contributed by atoms with van der Waals surface area (Å²) in [5.41, 5.74) is -1.10. The predicted molar refractivity (Wildman–Crippen MR) is 96.7 cm³/mol. The second-order valence-corrected chi connectivity index (χ2v) is 8.03. The monoisotopic (exact) mass is 365 g/mol. The summed E-state index contributed by atoms with van der Waals surface area (Å²) >= 11 is 0. The maximum Gasteiger partial charge on any atom is 0.329 e. The Morgan fingerprint density at radius 1 is 0.808 bits per heavy atom. The standard InChI is InChI=1S/C19H31N3O4/c23-16(20-19(17(24)25)9-3-1-2-4-10-19)15-7-13-22(14-8-15)18(26)21-11-5-6-12-21/h15H,1-14H2,(H,20,23)(H,24,25). The summed E-state index contributed by atoms with van der Waals surface area (Å²) in [6, 6.07) is 0.0899. The molecule has 0 radical (unpaired) electrons. The number of carboxylic acids is 1. The third-order valence-corrected chi connectivity index (χ3v) is 6.24. The lowest BCUT2D eigenvalue weighted by Gasteiger charge is -2.36. The van der Waals surface area contributed by atoms with Crippen LogP contribution in [-0.4, -0.2) is 64.5 Å². The first-order valence-corrected chi connectivity index (χ1v) is 10.1. The summed E-state index contributed by atoms with van der Waals surface area (Å²) < 4.78 is 0. The van der Waals surface area contributed by atoms with Crippen LogP contribution in [-0.2, 0) is 9.59 Å². The van der Waals surface area contributed by atoms with Gasteiger partial charge in [0.1, 0.15) is 5.54 Å². The van der Waals surface area contributed by atoms with E-state index in [2.05, 4.69) is 5.32 Å². The first kappa shape index (κ1) is 19.0. The van der Waals surface area contributed by atoms with E-state index in [0.717, 1.165) is 51.6 Å². The van der Waals surface area contributed by atoms with Gasteiger partial charge in [-0.1, -0.05) is 25.7 Å². The van der Waals surface area contributed by atoms with Crippen LogP contribution in [0.15, 0.2) is 0 Å². The number of aliphatic carboxylic acids is 1. The van der Waals surface area contributed by atoms with Gasteiger partial charge in [0.05, 0.1) is 0 Å². The molecule has 0 aromatic rings. The topological polar surface area (TPSA) is 90.0 Å². The number of likely N-dealkylation sites (tertiary alicyclic amines) is 2. The van der Waals surface area contributed by atoms with Crippen LogP contribution in [0.3, 0.4) is 0 Å². The first-order valence-electron chi connectivity index (χ1n) is 10.1. The molecule has 2 saturated heterocycles. The maximum absolute atomic E-state index is 12.7. The van der Waals surface area contributed by atoms with Crippen molar-refractivity contribution >= 4 is 17.9 Å². The molecule has 146 valence electrons. The maximum atomic E-state index is 12.7. The molecular weight excluding hydrogens is 334 g/mol. The summed E-state index contributed by atoms with van der Waals surface area (Å²) in [7, 11) is 0. The van der Waals surface area contributed by atoms with E-state index in [-0.39, 0.29) is 17.9 Å². The quantitative estimate of drug-likeness (QED) is 0.750. The third kappa shape index (κ3) is 4.13. The molecule has 0 spiro atoms. The van der Waals surface area contributed by atoms with Crippen LogP contribution >= 0.6 is 0 Å². The van der Waals surface area contributed by atoms with E-state index < -0.39 is 11.5 Å². The van der Waals surface area contributed by atoms with Crippen LogP contribution in [0.2, 0.25) is 0 Å². The van der Waals surface area contributed by atoms with E-state index in [1.54, 1.807) is 0 Å². The number of rotatable bonds is 3. The van der Waals surface area contributed by atoms with Gasteiger partial charge >= 0.3 is 12.0 Å². The second kappa shape index (κ2) is 8.27. The summed E-state index contributed by atoms with van der Waals surface area (Å²) in [5.74, 6) is -1.26. The molecule has 3 amide bonds. The van der Waals surface area contributed by atoms with Gasteiger partial charge in [-0.25, -0.2) is 9.59 Å². The Morgan fingerprint density at radius 3 is 1.88 bits per heavy atom. The molecule has 0 unspecified atom stereocenters. The number of amides is 3. The normalized spacial score (nSPS) is 24.2. The summed E-state index contributed by atoms with van der Waals surface area (Å²) in [6.45, 7) is 2.82. The third-order valence-electron chi connectivity index (χ3n) is 6.24. The van der Waals surface area contributed by atoms with Crippen LogP contribution in [0.1, 0.15) is 64.2 Å². The van der Waals surface area contributed by atoms with Crippen LogP contribution in [0.4, 0.5) is 4.79 Å². The van der Waals surface area contributed by atoms with E-state index in [9.17, 15) is 19.5 Å². The average molecular weight is 365 g/mol. The van der Waals surface area contributed by atoms with Gasteiger partial charge in [-0.05, 0) is 38.5 Å². The van der Waals surface area contributed by atoms with E-state index in [0.29, 0.717) is 38.8 Å². The van der Waals surface area contributed by atoms with E-state index in [1.807, 2.05) is 9.80 Å². The van der Waals surface area contributed by atoms with Gasteiger partial charge in [0.2, 0.25) is 5.91 Å². The number of carbonyl (C=O) groups excluding carboxylic acids is 2. The van der Waals surface area contributed by atoms with E-state index >= 15 is 0 Å². The molecule has 2 aliphatic heterocycles. The van der Waals surface area contributed by atoms with Crippen LogP contribution in [0, 0.1) is 5.92 Å². The van der Waals surface area contributed by atoms with Crippen molar-refractivity contribution in [3.05, 3.63) is 0 Å². The number of carbonyl (C=O) groups is 3. The van der Waals surface area contributed by atoms with Gasteiger partial charge in [-0.15, -0.1) is 0 Å². The minimum atomic E-state index is -1.10. The smallest absolute Gasteiger partial charge is 0.329 e. The largest absolute Gasteiger partial charge is 0.480 e. The highest BCUT2D eigenvalue weighted by atomic mass is 16.4.